The van der Waals surface area contributed by atoms with E-state index in [2.05, 4.69) is 30.8 Å². The van der Waals surface area contributed by atoms with Gasteiger partial charge < -0.3 is 14.6 Å². The lowest BCUT2D eigenvalue weighted by molar-refractivity contribution is -0.138. The summed E-state index contributed by atoms with van der Waals surface area (Å²) >= 11 is 6.03. The molecule has 0 atom stereocenters. The summed E-state index contributed by atoms with van der Waals surface area (Å²) in [5, 5.41) is 4.85. The molecular weight excluding hydrogens is 316 g/mol. The van der Waals surface area contributed by atoms with Gasteiger partial charge in [-0.05, 0) is 52.8 Å². The number of aromatic nitrogens is 3. The molecule has 126 valence electrons. The molecule has 3 rings (SSSR count). The van der Waals surface area contributed by atoms with Crippen LogP contribution in [0.5, 0.6) is 0 Å². The Balaban J connectivity index is 0.000000236. The van der Waals surface area contributed by atoms with E-state index in [9.17, 15) is 4.79 Å². The van der Waals surface area contributed by atoms with Gasteiger partial charge in [0, 0.05) is 12.2 Å². The van der Waals surface area contributed by atoms with E-state index in [-0.39, 0.29) is 5.60 Å². The maximum absolute atomic E-state index is 9.60. The fraction of sp³-hybridized carbons (Fsp3) is 0.562. The van der Waals surface area contributed by atoms with Crippen molar-refractivity contribution in [3.8, 4) is 0 Å². The highest BCUT2D eigenvalue weighted by molar-refractivity contribution is 6.33. The molecule has 0 saturated carbocycles. The van der Waals surface area contributed by atoms with Crippen LogP contribution in [0.4, 0.5) is 0 Å². The van der Waals surface area contributed by atoms with Crippen molar-refractivity contribution >= 4 is 29.1 Å². The van der Waals surface area contributed by atoms with E-state index >= 15 is 0 Å². The van der Waals surface area contributed by atoms with Crippen molar-refractivity contribution in [1.82, 2.24) is 19.9 Å². The minimum Gasteiger partial charge on any atom is -0.462 e. The highest BCUT2D eigenvalue weighted by Gasteiger charge is 2.17. The topological polar surface area (TPSA) is 69.0 Å². The number of halogens is 1. The Morgan fingerprint density at radius 2 is 2.04 bits per heavy atom. The predicted octanol–water partition coefficient (Wildman–Crippen LogP) is 2.97. The number of rotatable bonds is 2. The molecule has 0 spiro atoms. The number of carbonyl (C=O) groups excluding carboxylic acids is 1. The van der Waals surface area contributed by atoms with Gasteiger partial charge in [0.2, 0.25) is 0 Å². The molecule has 23 heavy (non-hydrogen) atoms. The number of fused-ring (bicyclic) bond motifs is 1. The lowest BCUT2D eigenvalue weighted by atomic mass is 10.1. The van der Waals surface area contributed by atoms with Crippen LogP contribution >= 0.6 is 11.6 Å². The molecule has 1 N–H and O–H groups in total. The monoisotopic (exact) mass is 338 g/mol. The van der Waals surface area contributed by atoms with Crippen molar-refractivity contribution in [3.63, 3.8) is 0 Å². The van der Waals surface area contributed by atoms with E-state index in [1.165, 1.54) is 6.33 Å². The van der Waals surface area contributed by atoms with Crippen molar-refractivity contribution in [3.05, 3.63) is 23.7 Å². The second-order valence-electron chi connectivity index (χ2n) is 6.43. The molecule has 0 unspecified atom stereocenters. The fourth-order valence-electron chi connectivity index (χ4n) is 2.46. The zero-order chi connectivity index (χ0) is 16.9. The fourth-order valence-corrected chi connectivity index (χ4v) is 2.66. The summed E-state index contributed by atoms with van der Waals surface area (Å²) in [6.07, 6.45) is 5.89. The van der Waals surface area contributed by atoms with Gasteiger partial charge in [-0.25, -0.2) is 9.97 Å². The van der Waals surface area contributed by atoms with E-state index in [1.807, 2.05) is 26.8 Å². The Hall–Kier alpha value is -1.66. The van der Waals surface area contributed by atoms with Gasteiger partial charge in [0.05, 0.1) is 5.39 Å². The molecule has 2 aromatic rings. The molecular formula is C16H23ClN4O2. The number of nitrogens with zero attached hydrogens (tertiary/aromatic N) is 3. The van der Waals surface area contributed by atoms with Crippen LogP contribution in [0.15, 0.2) is 18.6 Å². The van der Waals surface area contributed by atoms with Crippen LogP contribution in [0.25, 0.3) is 11.0 Å². The van der Waals surface area contributed by atoms with Gasteiger partial charge in [-0.15, -0.1) is 0 Å². The third-order valence-electron chi connectivity index (χ3n) is 3.56. The van der Waals surface area contributed by atoms with Gasteiger partial charge in [-0.3, -0.25) is 4.79 Å². The number of carbonyl (C=O) groups is 1. The largest absolute Gasteiger partial charge is 0.462 e. The van der Waals surface area contributed by atoms with Crippen molar-refractivity contribution in [2.24, 2.45) is 0 Å². The van der Waals surface area contributed by atoms with Crippen LogP contribution in [0.2, 0.25) is 5.15 Å². The van der Waals surface area contributed by atoms with E-state index in [0.29, 0.717) is 17.7 Å². The third kappa shape index (κ3) is 4.91. The second kappa shape index (κ2) is 7.75. The SMILES string of the molecule is CC(C)(C)OC=O.Clc1ncnc2c1ccn2C1CCNCC1. The number of nitrogens with one attached hydrogen (secondary N) is 1. The molecule has 0 amide bonds. The average Bonchev–Trinajstić information content (AvgIpc) is 2.93. The lowest BCUT2D eigenvalue weighted by Gasteiger charge is -2.24. The van der Waals surface area contributed by atoms with Crippen LogP contribution in [-0.2, 0) is 9.53 Å². The summed E-state index contributed by atoms with van der Waals surface area (Å²) in [6, 6.07) is 2.53. The van der Waals surface area contributed by atoms with Gasteiger partial charge in [-0.1, -0.05) is 11.6 Å². The highest BCUT2D eigenvalue weighted by atomic mass is 35.5. The molecule has 0 radical (unpaired) electrons. The highest BCUT2D eigenvalue weighted by Crippen LogP contribution is 2.26. The first kappa shape index (κ1) is 17.7. The molecule has 6 nitrogen and oxygen atoms in total. The summed E-state index contributed by atoms with van der Waals surface area (Å²) in [7, 11) is 0. The molecule has 1 saturated heterocycles. The first-order valence-electron chi connectivity index (χ1n) is 7.71. The maximum Gasteiger partial charge on any atom is 0.293 e. The number of hydrogen-bond acceptors (Lipinski definition) is 5. The Morgan fingerprint density at radius 3 is 2.61 bits per heavy atom. The minimum atomic E-state index is -0.318. The Kier molecular flexibility index (Phi) is 5.96. The smallest absolute Gasteiger partial charge is 0.293 e. The first-order chi connectivity index (χ1) is 10.9. The van der Waals surface area contributed by atoms with Gasteiger partial charge >= 0.3 is 0 Å². The Bertz CT molecular complexity index is 645. The summed E-state index contributed by atoms with van der Waals surface area (Å²) in [5.41, 5.74) is 0.633. The summed E-state index contributed by atoms with van der Waals surface area (Å²) < 4.78 is 6.77. The second-order valence-corrected chi connectivity index (χ2v) is 6.79. The molecule has 0 aliphatic carbocycles. The van der Waals surface area contributed by atoms with Crippen LogP contribution in [-0.4, -0.2) is 39.7 Å². The molecule has 1 aliphatic rings. The standard InChI is InChI=1S/C11H13ClN4.C5H10O2/c12-10-9-3-6-16(11(9)15-7-14-10)8-1-4-13-5-2-8;1-5(2,3)7-4-6/h3,6-8,13H,1-2,4-5H2;4H,1-3H3. The Morgan fingerprint density at radius 1 is 1.35 bits per heavy atom. The quantitative estimate of drug-likeness (QED) is 0.673. The van der Waals surface area contributed by atoms with Gasteiger partial charge in [-0.2, -0.15) is 0 Å². The molecule has 1 fully saturated rings. The van der Waals surface area contributed by atoms with Crippen LogP contribution in [0, 0.1) is 0 Å². The van der Waals surface area contributed by atoms with Crippen molar-refractivity contribution in [1.29, 1.82) is 0 Å². The van der Waals surface area contributed by atoms with E-state index in [0.717, 1.165) is 37.0 Å². The third-order valence-corrected chi connectivity index (χ3v) is 3.87. The molecule has 2 aromatic heterocycles. The summed E-state index contributed by atoms with van der Waals surface area (Å²) in [4.78, 5) is 17.9. The average molecular weight is 339 g/mol. The predicted molar refractivity (Wildman–Crippen MR) is 90.6 cm³/mol. The minimum absolute atomic E-state index is 0.318. The van der Waals surface area contributed by atoms with Gasteiger partial charge in [0.1, 0.15) is 22.7 Å². The van der Waals surface area contributed by atoms with E-state index in [1.54, 1.807) is 0 Å². The van der Waals surface area contributed by atoms with Crippen LogP contribution in [0.3, 0.4) is 0 Å². The summed E-state index contributed by atoms with van der Waals surface area (Å²) in [6.45, 7) is 8.07. The summed E-state index contributed by atoms with van der Waals surface area (Å²) in [5.74, 6) is 0. The van der Waals surface area contributed by atoms with E-state index in [4.69, 9.17) is 11.6 Å². The molecule has 7 heteroatoms. The number of ether oxygens (including phenoxy) is 1. The van der Waals surface area contributed by atoms with Crippen molar-refractivity contribution in [2.45, 2.75) is 45.3 Å². The van der Waals surface area contributed by atoms with Crippen molar-refractivity contribution < 1.29 is 9.53 Å². The van der Waals surface area contributed by atoms with Gasteiger partial charge in [0.25, 0.3) is 6.47 Å². The molecule has 0 bridgehead atoms. The van der Waals surface area contributed by atoms with E-state index < -0.39 is 0 Å². The first-order valence-corrected chi connectivity index (χ1v) is 8.09. The zero-order valence-corrected chi connectivity index (χ0v) is 14.5. The van der Waals surface area contributed by atoms with Crippen molar-refractivity contribution in [2.75, 3.05) is 13.1 Å². The van der Waals surface area contributed by atoms with Crippen LogP contribution < -0.4 is 5.32 Å². The molecule has 0 aromatic carbocycles. The molecule has 1 aliphatic heterocycles. The lowest BCUT2D eigenvalue weighted by Crippen LogP contribution is -2.29. The number of hydrogen-bond donors (Lipinski definition) is 1. The van der Waals surface area contributed by atoms with Gasteiger partial charge in [0.15, 0.2) is 0 Å². The Labute approximate surface area is 141 Å². The maximum atomic E-state index is 9.60. The van der Waals surface area contributed by atoms with Crippen LogP contribution in [0.1, 0.15) is 39.7 Å². The zero-order valence-electron chi connectivity index (χ0n) is 13.8. The number of piperidine rings is 1. The molecule has 3 heterocycles. The normalized spacial score (nSPS) is 15.8.